The molecule has 0 bridgehead atoms. The molecule has 1 aliphatic heterocycles. The topological polar surface area (TPSA) is 115 Å². The Morgan fingerprint density at radius 1 is 1.13 bits per heavy atom. The summed E-state index contributed by atoms with van der Waals surface area (Å²) in [6.45, 7) is 10.8. The molecule has 0 aliphatic carbocycles. The molecule has 39 heavy (non-hydrogen) atoms. The maximum atomic E-state index is 12.0. The first-order valence-electron chi connectivity index (χ1n) is 13.3. The van der Waals surface area contributed by atoms with Crippen molar-refractivity contribution in [3.05, 3.63) is 87.5 Å². The van der Waals surface area contributed by atoms with Gasteiger partial charge in [-0.2, -0.15) is 0 Å². The number of fused-ring (bicyclic) bond motifs is 2. The van der Waals surface area contributed by atoms with Crippen LogP contribution in [-0.4, -0.2) is 43.6 Å². The van der Waals surface area contributed by atoms with Crippen LogP contribution in [-0.2, 0) is 24.9 Å². The average Bonchev–Trinajstić information content (AvgIpc) is 3.17. The zero-order chi connectivity index (χ0) is 27.0. The third-order valence-corrected chi connectivity index (χ3v) is 7.83. The van der Waals surface area contributed by atoms with E-state index < -0.39 is 5.97 Å². The highest BCUT2D eigenvalue weighted by Crippen LogP contribution is 2.35. The Morgan fingerprint density at radius 3 is 2.67 bits per heavy atom. The van der Waals surface area contributed by atoms with Crippen molar-refractivity contribution in [2.24, 2.45) is 7.05 Å². The van der Waals surface area contributed by atoms with Crippen molar-refractivity contribution in [3.8, 4) is 5.75 Å². The molecule has 0 saturated heterocycles. The minimum absolute atomic E-state index is 0. The highest BCUT2D eigenvalue weighted by Gasteiger charge is 2.25. The summed E-state index contributed by atoms with van der Waals surface area (Å²) in [7, 11) is 1.87. The summed E-state index contributed by atoms with van der Waals surface area (Å²) >= 11 is 0. The zero-order valence-electron chi connectivity index (χ0n) is 23.6. The molecule has 8 heteroatoms. The zero-order valence-corrected chi connectivity index (χ0v) is 23.6. The molecule has 3 aromatic carbocycles. The molecular weight excluding hydrogens is 490 g/mol. The Kier molecular flexibility index (Phi) is 8.37. The molecule has 0 fully saturated rings. The molecule has 2 heterocycles. The molecule has 0 spiro atoms. The minimum atomic E-state index is -0.821. The van der Waals surface area contributed by atoms with E-state index in [0.717, 1.165) is 59.5 Å². The molecule has 1 aliphatic rings. The van der Waals surface area contributed by atoms with E-state index in [1.807, 2.05) is 26.1 Å². The number of hydrogen-bond donors (Lipinski definition) is 2. The molecule has 5 rings (SSSR count). The number of aliphatic carboxylic acids is 1. The number of ether oxygens (including phenoxy) is 1. The van der Waals surface area contributed by atoms with Crippen molar-refractivity contribution >= 4 is 17.0 Å². The van der Waals surface area contributed by atoms with Crippen LogP contribution in [0.15, 0.2) is 48.5 Å². The van der Waals surface area contributed by atoms with Crippen molar-refractivity contribution in [2.75, 3.05) is 6.54 Å². The van der Waals surface area contributed by atoms with Gasteiger partial charge in [0.1, 0.15) is 17.4 Å². The second-order valence-electron chi connectivity index (χ2n) is 10.6. The van der Waals surface area contributed by atoms with Gasteiger partial charge < -0.3 is 16.0 Å². The quantitative estimate of drug-likeness (QED) is 0.309. The first kappa shape index (κ1) is 28.3. The van der Waals surface area contributed by atoms with Crippen LogP contribution in [0.5, 0.6) is 5.75 Å². The van der Waals surface area contributed by atoms with Crippen molar-refractivity contribution in [1.29, 1.82) is 0 Å². The molecule has 4 aromatic rings. The van der Waals surface area contributed by atoms with Crippen molar-refractivity contribution in [2.45, 2.75) is 65.6 Å². The fraction of sp³-hybridized carbons (Fsp3) is 0.387. The lowest BCUT2D eigenvalue weighted by Crippen LogP contribution is -2.32. The Labute approximate surface area is 230 Å². The van der Waals surface area contributed by atoms with Gasteiger partial charge in [0.05, 0.1) is 11.9 Å². The van der Waals surface area contributed by atoms with Crippen LogP contribution in [0.25, 0.3) is 11.0 Å². The van der Waals surface area contributed by atoms with Gasteiger partial charge in [-0.3, -0.25) is 9.69 Å². The van der Waals surface area contributed by atoms with Gasteiger partial charge in [-0.15, -0.1) is 5.10 Å². The largest absolute Gasteiger partial charge is 0.489 e. The summed E-state index contributed by atoms with van der Waals surface area (Å²) < 4.78 is 8.13. The number of carboxylic acids is 1. The fourth-order valence-electron chi connectivity index (χ4n) is 5.57. The van der Waals surface area contributed by atoms with Gasteiger partial charge in [0.25, 0.3) is 0 Å². The second-order valence-corrected chi connectivity index (χ2v) is 10.6. The van der Waals surface area contributed by atoms with Gasteiger partial charge >= 0.3 is 5.97 Å². The summed E-state index contributed by atoms with van der Waals surface area (Å²) in [5.41, 5.74) is 9.54. The summed E-state index contributed by atoms with van der Waals surface area (Å²) in [4.78, 5) is 14.4. The maximum absolute atomic E-state index is 12.0. The smallest absolute Gasteiger partial charge is 0.304 e. The second kappa shape index (κ2) is 11.6. The fourth-order valence-corrected chi connectivity index (χ4v) is 5.57. The molecular formula is C31H39N5O3. The van der Waals surface area contributed by atoms with E-state index in [1.54, 1.807) is 4.68 Å². The maximum Gasteiger partial charge on any atom is 0.304 e. The average molecular weight is 530 g/mol. The van der Waals surface area contributed by atoms with Gasteiger partial charge in [-0.1, -0.05) is 48.5 Å². The summed E-state index contributed by atoms with van der Waals surface area (Å²) in [5.74, 6) is -0.114. The van der Waals surface area contributed by atoms with Gasteiger partial charge in [0, 0.05) is 38.2 Å². The molecule has 0 amide bonds. The van der Waals surface area contributed by atoms with Crippen molar-refractivity contribution in [3.63, 3.8) is 0 Å². The molecule has 8 nitrogen and oxygen atoms in total. The number of hydrogen-bond acceptors (Lipinski definition) is 6. The van der Waals surface area contributed by atoms with E-state index in [4.69, 9.17) is 4.74 Å². The van der Waals surface area contributed by atoms with E-state index in [-0.39, 0.29) is 24.6 Å². The third-order valence-electron chi connectivity index (χ3n) is 7.83. The van der Waals surface area contributed by atoms with Gasteiger partial charge in [-0.05, 0) is 72.7 Å². The van der Waals surface area contributed by atoms with E-state index in [0.29, 0.717) is 0 Å². The molecule has 0 saturated carbocycles. The van der Waals surface area contributed by atoms with Crippen LogP contribution in [0.3, 0.4) is 0 Å². The van der Waals surface area contributed by atoms with Gasteiger partial charge in [0.15, 0.2) is 0 Å². The number of carbonyl (C=O) groups is 1. The van der Waals surface area contributed by atoms with Crippen LogP contribution in [0.2, 0.25) is 0 Å². The molecule has 4 N–H and O–H groups in total. The van der Waals surface area contributed by atoms with E-state index in [1.165, 1.54) is 22.3 Å². The number of rotatable bonds is 7. The predicted molar refractivity (Wildman–Crippen MR) is 154 cm³/mol. The number of carboxylic acid groups (broad SMARTS) is 1. The lowest BCUT2D eigenvalue weighted by molar-refractivity contribution is -0.137. The van der Waals surface area contributed by atoms with Crippen LogP contribution in [0.4, 0.5) is 0 Å². The Morgan fingerprint density at radius 2 is 1.92 bits per heavy atom. The number of aromatic nitrogens is 3. The van der Waals surface area contributed by atoms with Gasteiger partial charge in [0.2, 0.25) is 0 Å². The minimum Gasteiger partial charge on any atom is -0.489 e. The number of aryl methyl sites for hydroxylation is 4. The predicted octanol–water partition coefficient (Wildman–Crippen LogP) is 5.84. The molecule has 0 radical (unpaired) electrons. The monoisotopic (exact) mass is 529 g/mol. The third kappa shape index (κ3) is 5.82. The number of benzene rings is 3. The Hall–Kier alpha value is -3.75. The van der Waals surface area contributed by atoms with Gasteiger partial charge in [-0.25, -0.2) is 4.68 Å². The van der Waals surface area contributed by atoms with Crippen LogP contribution in [0, 0.1) is 20.8 Å². The van der Waals surface area contributed by atoms with Crippen LogP contribution in [0.1, 0.15) is 64.6 Å². The van der Waals surface area contributed by atoms with E-state index in [2.05, 4.69) is 72.4 Å². The van der Waals surface area contributed by atoms with Crippen molar-refractivity contribution in [1.82, 2.24) is 26.0 Å². The first-order valence-corrected chi connectivity index (χ1v) is 13.3. The first-order chi connectivity index (χ1) is 18.2. The highest BCUT2D eigenvalue weighted by atomic mass is 16.5. The molecule has 206 valence electrons. The SMILES string of the molecule is CC[C@@H]1CN(Cc2cc(C(CC(=O)O)c3ccc4c(nnn4C)c3C)ccc2C)Cc2ccc(C)cc2O1.N. The van der Waals surface area contributed by atoms with Crippen molar-refractivity contribution < 1.29 is 14.6 Å². The van der Waals surface area contributed by atoms with Crippen LogP contribution >= 0.6 is 0 Å². The van der Waals surface area contributed by atoms with E-state index >= 15 is 0 Å². The molecule has 2 atom stereocenters. The Balaban J connectivity index is 0.00000353. The lowest BCUT2D eigenvalue weighted by atomic mass is 9.84. The summed E-state index contributed by atoms with van der Waals surface area (Å²) in [6, 6.07) is 16.9. The summed E-state index contributed by atoms with van der Waals surface area (Å²) in [5, 5.41) is 18.3. The normalized spacial score (nSPS) is 16.2. The molecule has 1 unspecified atom stereocenters. The van der Waals surface area contributed by atoms with Crippen LogP contribution < -0.4 is 10.9 Å². The lowest BCUT2D eigenvalue weighted by Gasteiger charge is -2.25. The van der Waals surface area contributed by atoms with E-state index in [9.17, 15) is 9.90 Å². The summed E-state index contributed by atoms with van der Waals surface area (Å²) in [6.07, 6.45) is 1.08. The Bertz CT molecular complexity index is 1500. The highest BCUT2D eigenvalue weighted by molar-refractivity contribution is 5.80. The number of nitrogens with zero attached hydrogens (tertiary/aromatic N) is 4. The molecule has 1 aromatic heterocycles. The standard InChI is InChI=1S/C31H36N4O3.H3N/c1-6-25-18-35(16-23-9-7-19(2)13-29(23)38-25)17-24-14-22(10-8-20(24)3)27(15-30(36)37)26-11-12-28-31(21(26)4)32-33-34(28)5;/h7-14,25,27H,6,15-18H2,1-5H3,(H,36,37);1H3/t25-,27?;/m1./s1.